The van der Waals surface area contributed by atoms with Gasteiger partial charge in [0.2, 0.25) is 5.91 Å². The molecule has 1 saturated heterocycles. The van der Waals surface area contributed by atoms with Crippen molar-refractivity contribution >= 4 is 23.2 Å². The molecule has 31 heavy (non-hydrogen) atoms. The van der Waals surface area contributed by atoms with Crippen LogP contribution < -0.4 is 5.32 Å². The van der Waals surface area contributed by atoms with Gasteiger partial charge in [0, 0.05) is 49.8 Å². The Hall–Kier alpha value is -3.49. The van der Waals surface area contributed by atoms with E-state index >= 15 is 0 Å². The van der Waals surface area contributed by atoms with Crippen LogP contribution in [0.3, 0.4) is 0 Å². The molecule has 0 aromatic carbocycles. The molecule has 0 radical (unpaired) electrons. The van der Waals surface area contributed by atoms with E-state index in [4.69, 9.17) is 10.4 Å². The summed E-state index contributed by atoms with van der Waals surface area (Å²) in [6.45, 7) is 7.24. The summed E-state index contributed by atoms with van der Waals surface area (Å²) < 4.78 is 3.78. The van der Waals surface area contributed by atoms with Gasteiger partial charge in [-0.15, -0.1) is 0 Å². The monoisotopic (exact) mass is 420 g/mol. The highest BCUT2D eigenvalue weighted by Gasteiger charge is 2.27. The summed E-state index contributed by atoms with van der Waals surface area (Å²) in [7, 11) is 0. The molecule has 1 fully saturated rings. The Balaban J connectivity index is 1.64. The Morgan fingerprint density at radius 3 is 2.74 bits per heavy atom. The quantitative estimate of drug-likeness (QED) is 0.545. The van der Waals surface area contributed by atoms with Crippen molar-refractivity contribution in [3.8, 4) is 11.3 Å². The number of amides is 1. The molecule has 0 unspecified atom stereocenters. The molecule has 3 aromatic rings. The molecule has 0 atom stereocenters. The Bertz CT molecular complexity index is 1120. The second-order valence-corrected chi connectivity index (χ2v) is 7.85. The van der Waals surface area contributed by atoms with E-state index in [-0.39, 0.29) is 11.9 Å². The van der Waals surface area contributed by atoms with Crippen LogP contribution in [0, 0.1) is 5.41 Å². The second-order valence-electron chi connectivity index (χ2n) is 7.85. The molecule has 0 spiro atoms. The molecule has 9 heteroatoms. The van der Waals surface area contributed by atoms with Crippen LogP contribution in [0.2, 0.25) is 0 Å². The molecule has 0 aliphatic carbocycles. The Morgan fingerprint density at radius 1 is 1.29 bits per heavy atom. The molecule has 1 amide bonds. The van der Waals surface area contributed by atoms with Crippen LogP contribution in [0.15, 0.2) is 37.1 Å². The summed E-state index contributed by atoms with van der Waals surface area (Å²) in [4.78, 5) is 18.0. The Labute approximate surface area is 181 Å². The molecular formula is C22H28N8O. The number of nitrogens with one attached hydrogen (secondary N) is 2. The zero-order chi connectivity index (χ0) is 22.0. The Kier molecular flexibility index (Phi) is 5.83. The van der Waals surface area contributed by atoms with Crippen LogP contribution in [0.5, 0.6) is 0 Å². The minimum absolute atomic E-state index is 0.0821. The summed E-state index contributed by atoms with van der Waals surface area (Å²) in [5.41, 5.74) is 3.89. The molecule has 0 saturated carbocycles. The van der Waals surface area contributed by atoms with E-state index in [1.54, 1.807) is 28.7 Å². The number of carbonyl (C=O) groups excluding carboxylic acids is 1. The first-order valence-corrected chi connectivity index (χ1v) is 10.7. The van der Waals surface area contributed by atoms with Gasteiger partial charge in [-0.05, 0) is 18.9 Å². The molecule has 1 aliphatic rings. The maximum absolute atomic E-state index is 11.4. The molecule has 4 rings (SSSR count). The lowest BCUT2D eigenvalue weighted by Crippen LogP contribution is -2.58. The highest BCUT2D eigenvalue weighted by atomic mass is 16.2. The highest BCUT2D eigenvalue weighted by molar-refractivity contribution is 6.07. The zero-order valence-electron chi connectivity index (χ0n) is 18.1. The SMILES string of the molecule is CCC(CC)n1cc(-c2nc(/C(C=N)=C/NC3CN(C(C)=O)C3)cn3nccc23)cn1. The summed E-state index contributed by atoms with van der Waals surface area (Å²) >= 11 is 0. The van der Waals surface area contributed by atoms with Gasteiger partial charge in [-0.1, -0.05) is 13.8 Å². The molecule has 4 heterocycles. The van der Waals surface area contributed by atoms with Crippen molar-refractivity contribution in [3.05, 3.63) is 42.7 Å². The van der Waals surface area contributed by atoms with Crippen LogP contribution in [0.25, 0.3) is 22.3 Å². The van der Waals surface area contributed by atoms with Crippen molar-refractivity contribution in [1.82, 2.24) is 34.6 Å². The first-order valence-electron chi connectivity index (χ1n) is 10.7. The fourth-order valence-electron chi connectivity index (χ4n) is 3.84. The first kappa shape index (κ1) is 20.8. The number of hydrogen-bond acceptors (Lipinski definition) is 6. The lowest BCUT2D eigenvalue weighted by Gasteiger charge is -2.38. The van der Waals surface area contributed by atoms with E-state index in [1.807, 2.05) is 29.3 Å². The molecule has 162 valence electrons. The maximum atomic E-state index is 11.4. The molecule has 9 nitrogen and oxygen atoms in total. The second kappa shape index (κ2) is 8.71. The van der Waals surface area contributed by atoms with Crippen molar-refractivity contribution < 1.29 is 4.79 Å². The van der Waals surface area contributed by atoms with Gasteiger partial charge in [0.1, 0.15) is 0 Å². The van der Waals surface area contributed by atoms with E-state index in [0.29, 0.717) is 30.4 Å². The number of carbonyl (C=O) groups is 1. The van der Waals surface area contributed by atoms with Gasteiger partial charge in [-0.25, -0.2) is 9.50 Å². The third-order valence-corrected chi connectivity index (χ3v) is 5.83. The summed E-state index contributed by atoms with van der Waals surface area (Å²) in [6.07, 6.45) is 12.6. The van der Waals surface area contributed by atoms with E-state index in [0.717, 1.165) is 29.6 Å². The van der Waals surface area contributed by atoms with Gasteiger partial charge in [0.15, 0.2) is 0 Å². The molecule has 1 aliphatic heterocycles. The minimum Gasteiger partial charge on any atom is -0.384 e. The van der Waals surface area contributed by atoms with E-state index in [2.05, 4.69) is 29.4 Å². The molecule has 0 bridgehead atoms. The predicted octanol–water partition coefficient (Wildman–Crippen LogP) is 2.76. The predicted molar refractivity (Wildman–Crippen MR) is 120 cm³/mol. The van der Waals surface area contributed by atoms with Gasteiger partial charge >= 0.3 is 0 Å². The van der Waals surface area contributed by atoms with Crippen LogP contribution >= 0.6 is 0 Å². The number of allylic oxidation sites excluding steroid dienone is 1. The summed E-state index contributed by atoms with van der Waals surface area (Å²) in [5.74, 6) is 0.0821. The van der Waals surface area contributed by atoms with E-state index in [9.17, 15) is 4.79 Å². The normalized spacial score (nSPS) is 14.8. The highest BCUT2D eigenvalue weighted by Crippen LogP contribution is 2.26. The fraction of sp³-hybridized carbons (Fsp3) is 0.409. The lowest BCUT2D eigenvalue weighted by molar-refractivity contribution is -0.133. The van der Waals surface area contributed by atoms with Gasteiger partial charge in [-0.2, -0.15) is 10.2 Å². The van der Waals surface area contributed by atoms with Gasteiger partial charge in [-0.3, -0.25) is 9.48 Å². The molecular weight excluding hydrogens is 392 g/mol. The van der Waals surface area contributed by atoms with E-state index < -0.39 is 0 Å². The van der Waals surface area contributed by atoms with Crippen LogP contribution in [-0.4, -0.2) is 60.5 Å². The average molecular weight is 421 g/mol. The van der Waals surface area contributed by atoms with Crippen LogP contribution in [-0.2, 0) is 4.79 Å². The summed E-state index contributed by atoms with van der Waals surface area (Å²) in [5, 5.41) is 20.1. The maximum Gasteiger partial charge on any atom is 0.219 e. The molecule has 2 N–H and O–H groups in total. The summed E-state index contributed by atoms with van der Waals surface area (Å²) in [6, 6.07) is 2.47. The smallest absolute Gasteiger partial charge is 0.219 e. The minimum atomic E-state index is 0.0821. The van der Waals surface area contributed by atoms with Crippen molar-refractivity contribution in [3.63, 3.8) is 0 Å². The topological polar surface area (TPSA) is 104 Å². The molecule has 3 aromatic heterocycles. The van der Waals surface area contributed by atoms with E-state index in [1.165, 1.54) is 6.21 Å². The lowest BCUT2D eigenvalue weighted by atomic mass is 10.1. The van der Waals surface area contributed by atoms with Crippen LogP contribution in [0.4, 0.5) is 0 Å². The van der Waals surface area contributed by atoms with Gasteiger partial charge < -0.3 is 15.6 Å². The zero-order valence-corrected chi connectivity index (χ0v) is 18.1. The average Bonchev–Trinajstić information content (AvgIpc) is 3.39. The standard InChI is InChI=1S/C22H28N8O/c1-4-19(5-2)29-11-17(10-26-29)22-21-6-7-25-30(21)14-20(27-22)16(8-23)9-24-18-12-28(13-18)15(3)31/h6-11,14,18-19,23-24H,4-5,12-13H2,1-3H3/b16-9+,23-8?. The largest absolute Gasteiger partial charge is 0.384 e. The third-order valence-electron chi connectivity index (χ3n) is 5.83. The van der Waals surface area contributed by atoms with Crippen LogP contribution in [0.1, 0.15) is 45.3 Å². The van der Waals surface area contributed by atoms with Crippen molar-refractivity contribution in [2.24, 2.45) is 0 Å². The van der Waals surface area contributed by atoms with Crippen molar-refractivity contribution in [2.45, 2.75) is 45.7 Å². The van der Waals surface area contributed by atoms with Crippen molar-refractivity contribution in [1.29, 1.82) is 5.41 Å². The fourth-order valence-corrected chi connectivity index (χ4v) is 3.84. The number of aromatic nitrogens is 5. The first-order chi connectivity index (χ1) is 15.0. The number of fused-ring (bicyclic) bond motifs is 1. The number of hydrogen-bond donors (Lipinski definition) is 2. The third kappa shape index (κ3) is 4.08. The number of rotatable bonds is 8. The number of likely N-dealkylation sites (tertiary alicyclic amines) is 1. The van der Waals surface area contributed by atoms with Crippen molar-refractivity contribution in [2.75, 3.05) is 13.1 Å². The Morgan fingerprint density at radius 2 is 2.06 bits per heavy atom. The van der Waals surface area contributed by atoms with Gasteiger partial charge in [0.25, 0.3) is 0 Å². The van der Waals surface area contributed by atoms with Gasteiger partial charge in [0.05, 0.1) is 47.6 Å². The number of nitrogens with zero attached hydrogens (tertiary/aromatic N) is 6.